The van der Waals surface area contributed by atoms with Crippen LogP contribution >= 0.6 is 0 Å². The van der Waals surface area contributed by atoms with Gasteiger partial charge >= 0.3 is 0 Å². The highest BCUT2D eigenvalue weighted by atomic mass is 16.5. The molecule has 4 heterocycles. The van der Waals surface area contributed by atoms with Crippen molar-refractivity contribution in [3.63, 3.8) is 0 Å². The van der Waals surface area contributed by atoms with Gasteiger partial charge in [-0.2, -0.15) is 5.10 Å². The molecule has 0 bridgehead atoms. The normalized spacial score (nSPS) is 18.6. The van der Waals surface area contributed by atoms with E-state index in [1.54, 1.807) is 0 Å². The maximum absolute atomic E-state index is 5.59. The van der Waals surface area contributed by atoms with Crippen LogP contribution in [0, 0.1) is 12.8 Å². The lowest BCUT2D eigenvalue weighted by Crippen LogP contribution is -2.19. The molecule has 0 N–H and O–H groups in total. The first-order valence-electron chi connectivity index (χ1n) is 8.35. The SMILES string of the molecule is Cc1cccn2ncc(-c3nccn3CCC3CCCOC3)c12. The molecule has 1 fully saturated rings. The van der Waals surface area contributed by atoms with E-state index in [-0.39, 0.29) is 0 Å². The molecular weight excluding hydrogens is 288 g/mol. The molecule has 23 heavy (non-hydrogen) atoms. The molecule has 5 nitrogen and oxygen atoms in total. The van der Waals surface area contributed by atoms with E-state index in [4.69, 9.17) is 4.74 Å². The highest BCUT2D eigenvalue weighted by Crippen LogP contribution is 2.26. The molecule has 120 valence electrons. The van der Waals surface area contributed by atoms with Gasteiger partial charge in [0.1, 0.15) is 5.82 Å². The lowest BCUT2D eigenvalue weighted by Gasteiger charge is -2.22. The molecule has 0 saturated carbocycles. The minimum Gasteiger partial charge on any atom is -0.381 e. The molecule has 0 aromatic carbocycles. The number of ether oxygens (including phenoxy) is 1. The second-order valence-electron chi connectivity index (χ2n) is 6.36. The fraction of sp³-hybridized carbons (Fsp3) is 0.444. The molecule has 0 radical (unpaired) electrons. The van der Waals surface area contributed by atoms with Crippen LogP contribution in [-0.2, 0) is 11.3 Å². The Labute approximate surface area is 135 Å². The summed E-state index contributed by atoms with van der Waals surface area (Å²) in [6.07, 6.45) is 11.5. The lowest BCUT2D eigenvalue weighted by atomic mass is 9.99. The van der Waals surface area contributed by atoms with Crippen LogP contribution in [0.5, 0.6) is 0 Å². The molecule has 1 aliphatic rings. The number of aromatic nitrogens is 4. The highest BCUT2D eigenvalue weighted by molar-refractivity contribution is 5.78. The average Bonchev–Trinajstić information content (AvgIpc) is 3.20. The largest absolute Gasteiger partial charge is 0.381 e. The first-order valence-corrected chi connectivity index (χ1v) is 8.35. The van der Waals surface area contributed by atoms with E-state index in [0.29, 0.717) is 5.92 Å². The van der Waals surface area contributed by atoms with Crippen molar-refractivity contribution in [2.24, 2.45) is 5.92 Å². The van der Waals surface area contributed by atoms with Crippen molar-refractivity contribution in [2.45, 2.75) is 32.7 Å². The molecule has 4 rings (SSSR count). The topological polar surface area (TPSA) is 44.4 Å². The van der Waals surface area contributed by atoms with E-state index in [1.165, 1.54) is 18.4 Å². The maximum atomic E-state index is 5.59. The molecule has 0 amide bonds. The van der Waals surface area contributed by atoms with E-state index in [9.17, 15) is 0 Å². The molecular formula is C18H22N4O. The zero-order valence-corrected chi connectivity index (χ0v) is 13.5. The van der Waals surface area contributed by atoms with Gasteiger partial charge in [0, 0.05) is 38.3 Å². The summed E-state index contributed by atoms with van der Waals surface area (Å²) < 4.78 is 9.77. The van der Waals surface area contributed by atoms with E-state index in [2.05, 4.69) is 33.8 Å². The van der Waals surface area contributed by atoms with E-state index >= 15 is 0 Å². The lowest BCUT2D eigenvalue weighted by molar-refractivity contribution is 0.0501. The molecule has 0 aliphatic carbocycles. The van der Waals surface area contributed by atoms with Gasteiger partial charge in [-0.3, -0.25) is 0 Å². The van der Waals surface area contributed by atoms with Crippen molar-refractivity contribution in [3.05, 3.63) is 42.5 Å². The number of fused-ring (bicyclic) bond motifs is 1. The standard InChI is InChI=1S/C18H22N4O/c1-14-4-2-8-22-17(14)16(12-20-22)18-19-7-10-21(18)9-6-15-5-3-11-23-13-15/h2,4,7-8,10,12,15H,3,5-6,9,11,13H2,1H3. The summed E-state index contributed by atoms with van der Waals surface area (Å²) in [5.74, 6) is 1.68. The van der Waals surface area contributed by atoms with Crippen LogP contribution in [0.4, 0.5) is 0 Å². The molecule has 3 aromatic heterocycles. The summed E-state index contributed by atoms with van der Waals surface area (Å²) in [5, 5.41) is 4.47. The third-order valence-electron chi connectivity index (χ3n) is 4.73. The second-order valence-corrected chi connectivity index (χ2v) is 6.36. The number of pyridine rings is 1. The van der Waals surface area contributed by atoms with Gasteiger partial charge in [-0.15, -0.1) is 0 Å². The average molecular weight is 310 g/mol. The van der Waals surface area contributed by atoms with Gasteiger partial charge in [0.05, 0.1) is 17.3 Å². The summed E-state index contributed by atoms with van der Waals surface area (Å²) in [6, 6.07) is 4.14. The monoisotopic (exact) mass is 310 g/mol. The fourth-order valence-electron chi connectivity index (χ4n) is 3.47. The molecule has 5 heteroatoms. The Balaban J connectivity index is 1.61. The van der Waals surface area contributed by atoms with Gasteiger partial charge in [-0.05, 0) is 43.7 Å². The van der Waals surface area contributed by atoms with Crippen molar-refractivity contribution in [2.75, 3.05) is 13.2 Å². The van der Waals surface area contributed by atoms with Crippen molar-refractivity contribution in [1.29, 1.82) is 0 Å². The second kappa shape index (κ2) is 6.16. The van der Waals surface area contributed by atoms with Gasteiger partial charge in [-0.25, -0.2) is 9.50 Å². The summed E-state index contributed by atoms with van der Waals surface area (Å²) in [4.78, 5) is 4.59. The van der Waals surface area contributed by atoms with Gasteiger partial charge in [0.2, 0.25) is 0 Å². The summed E-state index contributed by atoms with van der Waals surface area (Å²) in [5.41, 5.74) is 3.46. The quantitative estimate of drug-likeness (QED) is 0.742. The number of aryl methyl sites for hydroxylation is 2. The molecule has 1 aliphatic heterocycles. The predicted molar refractivity (Wildman–Crippen MR) is 89.3 cm³/mol. The summed E-state index contributed by atoms with van der Waals surface area (Å²) >= 11 is 0. The number of hydrogen-bond acceptors (Lipinski definition) is 3. The smallest absolute Gasteiger partial charge is 0.143 e. The minimum atomic E-state index is 0.671. The van der Waals surface area contributed by atoms with E-state index < -0.39 is 0 Å². The Kier molecular flexibility index (Phi) is 3.87. The van der Waals surface area contributed by atoms with Crippen molar-refractivity contribution >= 4 is 5.52 Å². The third-order valence-corrected chi connectivity index (χ3v) is 4.73. The van der Waals surface area contributed by atoms with Crippen molar-refractivity contribution < 1.29 is 4.74 Å². The molecule has 1 unspecified atom stereocenters. The van der Waals surface area contributed by atoms with Crippen LogP contribution in [0.25, 0.3) is 16.9 Å². The zero-order chi connectivity index (χ0) is 15.6. The van der Waals surface area contributed by atoms with Gasteiger partial charge in [-0.1, -0.05) is 6.07 Å². The van der Waals surface area contributed by atoms with Crippen molar-refractivity contribution in [1.82, 2.24) is 19.2 Å². The van der Waals surface area contributed by atoms with Crippen LogP contribution in [0.3, 0.4) is 0 Å². The molecule has 3 aromatic rings. The summed E-state index contributed by atoms with van der Waals surface area (Å²) in [6.45, 7) is 4.92. The van der Waals surface area contributed by atoms with Crippen LogP contribution in [0.2, 0.25) is 0 Å². The minimum absolute atomic E-state index is 0.671. The van der Waals surface area contributed by atoms with E-state index in [1.807, 2.05) is 29.2 Å². The van der Waals surface area contributed by atoms with Crippen LogP contribution in [-0.4, -0.2) is 32.4 Å². The van der Waals surface area contributed by atoms with Gasteiger partial charge < -0.3 is 9.30 Å². The highest BCUT2D eigenvalue weighted by Gasteiger charge is 2.17. The molecule has 1 saturated heterocycles. The van der Waals surface area contributed by atoms with Crippen LogP contribution < -0.4 is 0 Å². The number of nitrogens with zero attached hydrogens (tertiary/aromatic N) is 4. The van der Waals surface area contributed by atoms with Crippen LogP contribution in [0.1, 0.15) is 24.8 Å². The molecule has 1 atom stereocenters. The predicted octanol–water partition coefficient (Wildman–Crippen LogP) is 3.32. The first kappa shape index (κ1) is 14.5. The Morgan fingerprint density at radius 2 is 2.30 bits per heavy atom. The zero-order valence-electron chi connectivity index (χ0n) is 13.5. The number of hydrogen-bond donors (Lipinski definition) is 0. The maximum Gasteiger partial charge on any atom is 0.143 e. The Morgan fingerprint density at radius 3 is 3.17 bits per heavy atom. The Hall–Kier alpha value is -2.14. The van der Waals surface area contributed by atoms with Crippen molar-refractivity contribution in [3.8, 4) is 11.4 Å². The van der Waals surface area contributed by atoms with E-state index in [0.717, 1.165) is 43.1 Å². The van der Waals surface area contributed by atoms with Gasteiger partial charge in [0.15, 0.2) is 0 Å². The van der Waals surface area contributed by atoms with Gasteiger partial charge in [0.25, 0.3) is 0 Å². The summed E-state index contributed by atoms with van der Waals surface area (Å²) in [7, 11) is 0. The third kappa shape index (κ3) is 2.77. The molecule has 0 spiro atoms. The number of imidazole rings is 1. The Bertz CT molecular complexity index is 798. The van der Waals surface area contributed by atoms with Crippen LogP contribution in [0.15, 0.2) is 36.9 Å². The Morgan fingerprint density at radius 1 is 1.35 bits per heavy atom. The fourth-order valence-corrected chi connectivity index (χ4v) is 3.47. The number of rotatable bonds is 4. The first-order chi connectivity index (χ1) is 11.3.